The summed E-state index contributed by atoms with van der Waals surface area (Å²) in [5, 5.41) is 0. The fourth-order valence-electron chi connectivity index (χ4n) is 2.39. The number of ether oxygens (including phenoxy) is 1. The van der Waals surface area contributed by atoms with E-state index in [0.717, 1.165) is 22.6 Å². The average molecular weight is 234 g/mol. The highest BCUT2D eigenvalue weighted by atomic mass is 16.5. The number of benzene rings is 1. The topological polar surface area (TPSA) is 55.6 Å². The van der Waals surface area contributed by atoms with E-state index in [1.54, 1.807) is 19.1 Å². The molecule has 0 fully saturated rings. The van der Waals surface area contributed by atoms with Crippen molar-refractivity contribution in [1.29, 1.82) is 0 Å². The summed E-state index contributed by atoms with van der Waals surface area (Å²) in [4.78, 5) is 13.8. The summed E-state index contributed by atoms with van der Waals surface area (Å²) >= 11 is 0. The van der Waals surface area contributed by atoms with Crippen LogP contribution in [0.25, 0.3) is 0 Å². The van der Waals surface area contributed by atoms with Gasteiger partial charge in [0.05, 0.1) is 18.2 Å². The number of anilines is 1. The van der Waals surface area contributed by atoms with Crippen LogP contribution in [0.1, 0.15) is 25.0 Å². The van der Waals surface area contributed by atoms with Gasteiger partial charge in [0.2, 0.25) is 5.91 Å². The third-order valence-corrected chi connectivity index (χ3v) is 3.49. The molecule has 1 aliphatic heterocycles. The zero-order chi connectivity index (χ0) is 12.8. The Kier molecular flexibility index (Phi) is 2.62. The van der Waals surface area contributed by atoms with Crippen LogP contribution in [0.2, 0.25) is 0 Å². The predicted molar refractivity (Wildman–Crippen MR) is 67.3 cm³/mol. The van der Waals surface area contributed by atoms with E-state index in [9.17, 15) is 4.79 Å². The number of amides is 1. The molecule has 0 bridgehead atoms. The third-order valence-electron chi connectivity index (χ3n) is 3.49. The van der Waals surface area contributed by atoms with Gasteiger partial charge in [0, 0.05) is 25.2 Å². The molecule has 4 nitrogen and oxygen atoms in total. The second kappa shape index (κ2) is 3.74. The van der Waals surface area contributed by atoms with Crippen molar-refractivity contribution in [3.8, 4) is 5.75 Å². The van der Waals surface area contributed by atoms with E-state index in [1.165, 1.54) is 0 Å². The summed E-state index contributed by atoms with van der Waals surface area (Å²) in [7, 11) is 3.40. The molecule has 1 aromatic rings. The van der Waals surface area contributed by atoms with E-state index >= 15 is 0 Å². The average Bonchev–Trinajstić information content (AvgIpc) is 2.49. The van der Waals surface area contributed by atoms with Gasteiger partial charge < -0.3 is 15.4 Å². The molecule has 1 amide bonds. The summed E-state index contributed by atoms with van der Waals surface area (Å²) < 4.78 is 5.30. The van der Waals surface area contributed by atoms with Gasteiger partial charge in [-0.3, -0.25) is 4.79 Å². The number of nitrogens with two attached hydrogens (primary N) is 1. The molecule has 2 N–H and O–H groups in total. The van der Waals surface area contributed by atoms with Crippen LogP contribution in [-0.2, 0) is 16.8 Å². The van der Waals surface area contributed by atoms with Crippen LogP contribution < -0.4 is 15.4 Å². The van der Waals surface area contributed by atoms with E-state index in [2.05, 4.69) is 0 Å². The van der Waals surface area contributed by atoms with Crippen LogP contribution >= 0.6 is 0 Å². The highest BCUT2D eigenvalue weighted by molar-refractivity contribution is 6.07. The number of rotatable bonds is 2. The van der Waals surface area contributed by atoms with Gasteiger partial charge in [-0.05, 0) is 25.5 Å². The van der Waals surface area contributed by atoms with Crippen LogP contribution in [0.3, 0.4) is 0 Å². The number of hydrogen-bond donors (Lipinski definition) is 1. The number of carbonyl (C=O) groups is 1. The Morgan fingerprint density at radius 2 is 2.06 bits per heavy atom. The Hall–Kier alpha value is -1.55. The third kappa shape index (κ3) is 1.52. The van der Waals surface area contributed by atoms with Crippen molar-refractivity contribution in [2.75, 3.05) is 19.1 Å². The molecule has 0 unspecified atom stereocenters. The molecular weight excluding hydrogens is 216 g/mol. The minimum Gasteiger partial charge on any atom is -0.496 e. The first-order valence-electron chi connectivity index (χ1n) is 5.63. The molecule has 0 radical (unpaired) electrons. The minimum absolute atomic E-state index is 0.101. The molecule has 0 saturated carbocycles. The second-order valence-corrected chi connectivity index (χ2v) is 4.87. The summed E-state index contributed by atoms with van der Waals surface area (Å²) in [6, 6.07) is 3.87. The molecule has 1 heterocycles. The lowest BCUT2D eigenvalue weighted by molar-refractivity contribution is -0.121. The molecule has 0 spiro atoms. The zero-order valence-electron chi connectivity index (χ0n) is 10.7. The molecule has 0 aliphatic carbocycles. The smallest absolute Gasteiger partial charge is 0.236 e. The van der Waals surface area contributed by atoms with Crippen LogP contribution in [-0.4, -0.2) is 20.1 Å². The summed E-state index contributed by atoms with van der Waals surface area (Å²) in [5.41, 5.74) is 8.08. The maximum Gasteiger partial charge on any atom is 0.236 e. The highest BCUT2D eigenvalue weighted by Crippen LogP contribution is 2.43. The van der Waals surface area contributed by atoms with Crippen molar-refractivity contribution in [3.63, 3.8) is 0 Å². The van der Waals surface area contributed by atoms with Crippen LogP contribution in [0.15, 0.2) is 12.1 Å². The normalized spacial score (nSPS) is 17.2. The quantitative estimate of drug-likeness (QED) is 0.841. The first-order chi connectivity index (χ1) is 7.93. The number of carbonyl (C=O) groups excluding carboxylic acids is 1. The summed E-state index contributed by atoms with van der Waals surface area (Å²) in [6.45, 7) is 4.28. The lowest BCUT2D eigenvalue weighted by atomic mass is 9.85. The number of fused-ring (bicyclic) bond motifs is 1. The Morgan fingerprint density at radius 3 is 2.59 bits per heavy atom. The Balaban J connectivity index is 2.67. The molecule has 4 heteroatoms. The van der Waals surface area contributed by atoms with E-state index in [0.29, 0.717) is 6.54 Å². The van der Waals surface area contributed by atoms with Crippen molar-refractivity contribution < 1.29 is 9.53 Å². The van der Waals surface area contributed by atoms with Gasteiger partial charge in [-0.15, -0.1) is 0 Å². The molecule has 1 aliphatic rings. The van der Waals surface area contributed by atoms with E-state index in [1.807, 2.05) is 26.0 Å². The van der Waals surface area contributed by atoms with Crippen molar-refractivity contribution in [2.45, 2.75) is 25.8 Å². The Bertz CT molecular complexity index is 481. The second-order valence-electron chi connectivity index (χ2n) is 4.87. The molecule has 2 rings (SSSR count). The van der Waals surface area contributed by atoms with Gasteiger partial charge in [-0.25, -0.2) is 0 Å². The van der Waals surface area contributed by atoms with Crippen LogP contribution in [0.4, 0.5) is 5.69 Å². The van der Waals surface area contributed by atoms with Gasteiger partial charge in [0.25, 0.3) is 0 Å². The zero-order valence-corrected chi connectivity index (χ0v) is 10.7. The number of methoxy groups -OCH3 is 1. The first-order valence-corrected chi connectivity index (χ1v) is 5.63. The number of hydrogen-bond acceptors (Lipinski definition) is 3. The maximum atomic E-state index is 12.1. The van der Waals surface area contributed by atoms with Crippen molar-refractivity contribution in [3.05, 3.63) is 23.3 Å². The number of likely N-dealkylation sites (N-methyl/N-ethyl adjacent to an activating group) is 1. The van der Waals surface area contributed by atoms with Crippen molar-refractivity contribution >= 4 is 11.6 Å². The molecule has 92 valence electrons. The molecule has 0 saturated heterocycles. The predicted octanol–water partition coefficient (Wildman–Crippen LogP) is 1.41. The lowest BCUT2D eigenvalue weighted by Gasteiger charge is -2.17. The van der Waals surface area contributed by atoms with Gasteiger partial charge >= 0.3 is 0 Å². The highest BCUT2D eigenvalue weighted by Gasteiger charge is 2.42. The largest absolute Gasteiger partial charge is 0.496 e. The van der Waals surface area contributed by atoms with E-state index < -0.39 is 5.41 Å². The first kappa shape index (κ1) is 11.9. The molecule has 0 atom stereocenters. The summed E-state index contributed by atoms with van der Waals surface area (Å²) in [5.74, 6) is 0.840. The molecular formula is C13H18N2O2. The van der Waals surface area contributed by atoms with Gasteiger partial charge in [-0.1, -0.05) is 0 Å². The van der Waals surface area contributed by atoms with Crippen molar-refractivity contribution in [2.24, 2.45) is 5.73 Å². The maximum absolute atomic E-state index is 12.1. The Morgan fingerprint density at radius 1 is 1.41 bits per heavy atom. The van der Waals surface area contributed by atoms with Gasteiger partial charge in [-0.2, -0.15) is 0 Å². The summed E-state index contributed by atoms with van der Waals surface area (Å²) in [6.07, 6.45) is 0. The fraction of sp³-hybridized carbons (Fsp3) is 0.462. The van der Waals surface area contributed by atoms with Crippen LogP contribution in [0.5, 0.6) is 5.75 Å². The lowest BCUT2D eigenvalue weighted by Crippen LogP contribution is -2.33. The van der Waals surface area contributed by atoms with Crippen molar-refractivity contribution in [1.82, 2.24) is 0 Å². The molecule has 17 heavy (non-hydrogen) atoms. The Labute approximate surface area is 101 Å². The molecule has 1 aromatic carbocycles. The minimum atomic E-state index is -0.486. The van der Waals surface area contributed by atoms with Crippen LogP contribution in [0, 0.1) is 0 Å². The SMILES string of the molecule is COc1cc2c(cc1CN)C(C)(C)C(=O)N2C. The van der Waals surface area contributed by atoms with E-state index in [4.69, 9.17) is 10.5 Å². The monoisotopic (exact) mass is 234 g/mol. The standard InChI is InChI=1S/C13H18N2O2/c1-13(2)9-5-8(7-14)11(17-4)6-10(9)15(3)12(13)16/h5-6H,7,14H2,1-4H3. The van der Waals surface area contributed by atoms with Gasteiger partial charge in [0.1, 0.15) is 5.75 Å². The fourth-order valence-corrected chi connectivity index (χ4v) is 2.39. The number of nitrogens with zero attached hydrogens (tertiary/aromatic N) is 1. The molecule has 0 aromatic heterocycles. The van der Waals surface area contributed by atoms with Gasteiger partial charge in [0.15, 0.2) is 0 Å². The van der Waals surface area contributed by atoms with E-state index in [-0.39, 0.29) is 5.91 Å².